The van der Waals surface area contributed by atoms with Gasteiger partial charge in [-0.05, 0) is 49.9 Å². The Morgan fingerprint density at radius 2 is 2.15 bits per heavy atom. The molecule has 2 N–H and O–H groups in total. The fourth-order valence-corrected chi connectivity index (χ4v) is 2.30. The van der Waals surface area contributed by atoms with Crippen molar-refractivity contribution in [3.8, 4) is 0 Å². The number of hydrogen-bond donors (Lipinski definition) is 2. The van der Waals surface area contributed by atoms with Crippen LogP contribution in [0, 0.1) is 0 Å². The number of aliphatic hydroxyl groups is 1. The van der Waals surface area contributed by atoms with E-state index in [2.05, 4.69) is 11.3 Å². The minimum Gasteiger partial charge on any atom is -0.465 e. The van der Waals surface area contributed by atoms with Gasteiger partial charge in [0.2, 0.25) is 0 Å². The maximum absolute atomic E-state index is 11.7. The van der Waals surface area contributed by atoms with Gasteiger partial charge in [-0.25, -0.2) is 4.72 Å². The molecular weight excluding hydrogens is 274 g/mol. The van der Waals surface area contributed by atoms with Crippen LogP contribution in [0.4, 0.5) is 0 Å². The zero-order valence-electron chi connectivity index (χ0n) is 11.8. The minimum atomic E-state index is -0.477. The quantitative estimate of drug-likeness (QED) is 0.439. The van der Waals surface area contributed by atoms with Gasteiger partial charge in [0, 0.05) is 4.90 Å². The Balaban J connectivity index is 2.58. The molecule has 0 aliphatic heterocycles. The molecule has 0 aliphatic carbocycles. The lowest BCUT2D eigenvalue weighted by Crippen LogP contribution is -2.33. The highest BCUT2D eigenvalue weighted by molar-refractivity contribution is 7.97. The molecule has 2 atom stereocenters. The maximum Gasteiger partial charge on any atom is 0.324 e. The summed E-state index contributed by atoms with van der Waals surface area (Å²) in [4.78, 5) is 12.7. The summed E-state index contributed by atoms with van der Waals surface area (Å²) in [6.07, 6.45) is 1.72. The van der Waals surface area contributed by atoms with Crippen LogP contribution in [0.5, 0.6) is 0 Å². The minimum absolute atomic E-state index is 0.277. The molecule has 0 radical (unpaired) electrons. The molecule has 20 heavy (non-hydrogen) atoms. The van der Waals surface area contributed by atoms with E-state index >= 15 is 0 Å². The van der Waals surface area contributed by atoms with Crippen molar-refractivity contribution >= 4 is 17.9 Å². The second-order valence-electron chi connectivity index (χ2n) is 4.29. The summed E-state index contributed by atoms with van der Waals surface area (Å²) in [5, 5.41) is 9.44. The lowest BCUT2D eigenvalue weighted by molar-refractivity contribution is -0.144. The zero-order valence-corrected chi connectivity index (χ0v) is 12.7. The Hall–Kier alpha value is -1.30. The molecule has 0 saturated heterocycles. The number of benzene rings is 1. The Bertz CT molecular complexity index is 431. The summed E-state index contributed by atoms with van der Waals surface area (Å²) < 4.78 is 8.08. The van der Waals surface area contributed by atoms with E-state index in [1.807, 2.05) is 24.3 Å². The van der Waals surface area contributed by atoms with E-state index in [0.29, 0.717) is 13.0 Å². The molecule has 0 bridgehead atoms. The van der Waals surface area contributed by atoms with E-state index in [-0.39, 0.29) is 5.97 Å². The molecule has 0 fully saturated rings. The maximum atomic E-state index is 11.7. The van der Waals surface area contributed by atoms with Crippen LogP contribution in [0.15, 0.2) is 41.8 Å². The monoisotopic (exact) mass is 295 g/mol. The molecule has 110 valence electrons. The van der Waals surface area contributed by atoms with E-state index in [0.717, 1.165) is 10.5 Å². The summed E-state index contributed by atoms with van der Waals surface area (Å²) in [5.41, 5.74) is 0.863. The number of nitrogens with one attached hydrogen (secondary N) is 1. The molecule has 0 saturated carbocycles. The molecule has 1 aromatic rings. The van der Waals surface area contributed by atoms with Gasteiger partial charge in [-0.2, -0.15) is 0 Å². The van der Waals surface area contributed by atoms with Crippen molar-refractivity contribution < 1.29 is 14.6 Å². The largest absolute Gasteiger partial charge is 0.465 e. The predicted octanol–water partition coefficient (Wildman–Crippen LogP) is 2.84. The molecule has 0 amide bonds. The smallest absolute Gasteiger partial charge is 0.324 e. The molecule has 0 heterocycles. The Labute approximate surface area is 124 Å². The van der Waals surface area contributed by atoms with Crippen molar-refractivity contribution in [3.05, 3.63) is 42.5 Å². The number of carbonyl (C=O) groups excluding carboxylic acids is 1. The highest BCUT2D eigenvalue weighted by atomic mass is 32.2. The molecule has 0 aromatic heterocycles. The molecular formula is C15H21NO3S. The first-order valence-corrected chi connectivity index (χ1v) is 7.38. The Kier molecular flexibility index (Phi) is 7.36. The van der Waals surface area contributed by atoms with Crippen LogP contribution in [-0.4, -0.2) is 23.7 Å². The standard InChI is InChI=1S/C15H21NO3S/c1-4-6-14(15(18)19-5-2)16-20-13-9-7-12(8-10-13)11(3)17/h4,7-11,14,16-17H,1,5-6H2,2-3H3. The van der Waals surface area contributed by atoms with E-state index in [1.165, 1.54) is 11.9 Å². The van der Waals surface area contributed by atoms with Crippen LogP contribution in [-0.2, 0) is 9.53 Å². The second-order valence-corrected chi connectivity index (χ2v) is 5.21. The van der Waals surface area contributed by atoms with Gasteiger partial charge in [-0.1, -0.05) is 18.2 Å². The fraction of sp³-hybridized carbons (Fsp3) is 0.400. The third-order valence-electron chi connectivity index (χ3n) is 2.66. The van der Waals surface area contributed by atoms with Gasteiger partial charge >= 0.3 is 5.97 Å². The van der Waals surface area contributed by atoms with Gasteiger partial charge in [0.15, 0.2) is 0 Å². The molecule has 1 aromatic carbocycles. The molecule has 2 unspecified atom stereocenters. The van der Waals surface area contributed by atoms with Gasteiger partial charge in [0.1, 0.15) is 6.04 Å². The highest BCUT2D eigenvalue weighted by Crippen LogP contribution is 2.20. The summed E-state index contributed by atoms with van der Waals surface area (Å²) >= 11 is 1.36. The average molecular weight is 295 g/mol. The zero-order chi connectivity index (χ0) is 15.0. The van der Waals surface area contributed by atoms with Gasteiger partial charge < -0.3 is 9.84 Å². The van der Waals surface area contributed by atoms with Crippen molar-refractivity contribution in [2.45, 2.75) is 37.3 Å². The fourth-order valence-electron chi connectivity index (χ4n) is 1.56. The SMILES string of the molecule is C=CCC(NSc1ccc(C(C)O)cc1)C(=O)OCC. The van der Waals surface area contributed by atoms with Crippen molar-refractivity contribution in [2.24, 2.45) is 0 Å². The second kappa shape index (κ2) is 8.79. The van der Waals surface area contributed by atoms with Crippen LogP contribution in [0.25, 0.3) is 0 Å². The van der Waals surface area contributed by atoms with Crippen LogP contribution in [0.2, 0.25) is 0 Å². The lowest BCUT2D eigenvalue weighted by atomic mass is 10.1. The topological polar surface area (TPSA) is 58.6 Å². The first-order chi connectivity index (χ1) is 9.58. The van der Waals surface area contributed by atoms with Crippen molar-refractivity contribution in [2.75, 3.05) is 6.61 Å². The highest BCUT2D eigenvalue weighted by Gasteiger charge is 2.17. The summed E-state index contributed by atoms with van der Waals surface area (Å²) in [7, 11) is 0. The summed E-state index contributed by atoms with van der Waals surface area (Å²) in [5.74, 6) is -0.277. The number of aliphatic hydroxyl groups excluding tert-OH is 1. The number of rotatable bonds is 8. The molecule has 5 heteroatoms. The third-order valence-corrected chi connectivity index (χ3v) is 3.57. The number of carbonyl (C=O) groups is 1. The van der Waals surface area contributed by atoms with Gasteiger partial charge in [-0.15, -0.1) is 6.58 Å². The molecule has 0 aliphatic rings. The first-order valence-electron chi connectivity index (χ1n) is 6.56. The van der Waals surface area contributed by atoms with Crippen molar-refractivity contribution in [1.29, 1.82) is 0 Å². The summed E-state index contributed by atoms with van der Waals surface area (Å²) in [6.45, 7) is 7.51. The van der Waals surface area contributed by atoms with Crippen LogP contribution in [0.3, 0.4) is 0 Å². The van der Waals surface area contributed by atoms with E-state index < -0.39 is 12.1 Å². The normalized spacial score (nSPS) is 13.6. The van der Waals surface area contributed by atoms with Crippen molar-refractivity contribution in [1.82, 2.24) is 4.72 Å². The first kappa shape index (κ1) is 16.8. The number of hydrogen-bond acceptors (Lipinski definition) is 5. The van der Waals surface area contributed by atoms with Gasteiger partial charge in [0.25, 0.3) is 0 Å². The van der Waals surface area contributed by atoms with Crippen LogP contribution < -0.4 is 4.72 Å². The molecule has 1 rings (SSSR count). The van der Waals surface area contributed by atoms with Gasteiger partial charge in [0.05, 0.1) is 12.7 Å². The molecule has 0 spiro atoms. The summed E-state index contributed by atoms with van der Waals surface area (Å²) in [6, 6.07) is 7.11. The average Bonchev–Trinajstić information content (AvgIpc) is 2.44. The number of esters is 1. The van der Waals surface area contributed by atoms with Gasteiger partial charge in [-0.3, -0.25) is 4.79 Å². The Morgan fingerprint density at radius 1 is 1.50 bits per heavy atom. The third kappa shape index (κ3) is 5.36. The Morgan fingerprint density at radius 3 is 2.65 bits per heavy atom. The predicted molar refractivity (Wildman–Crippen MR) is 81.3 cm³/mol. The number of ether oxygens (including phenoxy) is 1. The van der Waals surface area contributed by atoms with E-state index in [4.69, 9.17) is 4.74 Å². The lowest BCUT2D eigenvalue weighted by Gasteiger charge is -2.15. The van der Waals surface area contributed by atoms with Crippen LogP contribution >= 0.6 is 11.9 Å². The van der Waals surface area contributed by atoms with E-state index in [9.17, 15) is 9.90 Å². The van der Waals surface area contributed by atoms with Crippen molar-refractivity contribution in [3.63, 3.8) is 0 Å². The molecule has 4 nitrogen and oxygen atoms in total. The van der Waals surface area contributed by atoms with E-state index in [1.54, 1.807) is 19.9 Å². The van der Waals surface area contributed by atoms with Crippen LogP contribution in [0.1, 0.15) is 31.9 Å².